The topological polar surface area (TPSA) is 56.6 Å². The predicted molar refractivity (Wildman–Crippen MR) is 131 cm³/mol. The van der Waals surface area contributed by atoms with Gasteiger partial charge >= 0.3 is 0 Å². The fourth-order valence-electron chi connectivity index (χ4n) is 3.72. The highest BCUT2D eigenvalue weighted by Gasteiger charge is 2.23. The molecule has 3 aromatic rings. The molecule has 1 aliphatic heterocycles. The molecule has 166 valence electrons. The van der Waals surface area contributed by atoms with Crippen molar-refractivity contribution in [3.8, 4) is 11.8 Å². The van der Waals surface area contributed by atoms with E-state index in [0.717, 1.165) is 29.9 Å². The van der Waals surface area contributed by atoms with Gasteiger partial charge in [-0.1, -0.05) is 60.1 Å². The van der Waals surface area contributed by atoms with Crippen LogP contribution >= 0.6 is 11.6 Å². The second-order valence-electron chi connectivity index (χ2n) is 7.73. The highest BCUT2D eigenvalue weighted by Crippen LogP contribution is 2.21. The Morgan fingerprint density at radius 2 is 1.61 bits per heavy atom. The molecule has 0 N–H and O–H groups in total. The van der Waals surface area contributed by atoms with Crippen molar-refractivity contribution in [2.45, 2.75) is 6.61 Å². The molecule has 0 aromatic heterocycles. The van der Waals surface area contributed by atoms with Crippen LogP contribution in [0.25, 0.3) is 6.08 Å². The summed E-state index contributed by atoms with van der Waals surface area (Å²) in [5.74, 6) is 0.457. The van der Waals surface area contributed by atoms with Gasteiger partial charge in [-0.15, -0.1) is 0 Å². The molecule has 1 saturated heterocycles. The molecule has 1 fully saturated rings. The Kier molecular flexibility index (Phi) is 7.29. The summed E-state index contributed by atoms with van der Waals surface area (Å²) in [5, 5.41) is 10.3. The first-order valence-corrected chi connectivity index (χ1v) is 11.2. The lowest BCUT2D eigenvalue weighted by Crippen LogP contribution is -2.49. The molecular formula is C27H24ClN3O2. The van der Waals surface area contributed by atoms with Crippen LogP contribution in [-0.2, 0) is 11.4 Å². The van der Waals surface area contributed by atoms with E-state index < -0.39 is 0 Å². The second-order valence-corrected chi connectivity index (χ2v) is 8.14. The van der Waals surface area contributed by atoms with Gasteiger partial charge in [0.05, 0.1) is 0 Å². The van der Waals surface area contributed by atoms with Gasteiger partial charge in [0.2, 0.25) is 0 Å². The summed E-state index contributed by atoms with van der Waals surface area (Å²) in [6, 6.07) is 27.1. The Bertz CT molecular complexity index is 1160. The van der Waals surface area contributed by atoms with Crippen LogP contribution < -0.4 is 9.64 Å². The van der Waals surface area contributed by atoms with Crippen molar-refractivity contribution in [2.75, 3.05) is 31.1 Å². The van der Waals surface area contributed by atoms with Crippen LogP contribution in [0.3, 0.4) is 0 Å². The van der Waals surface area contributed by atoms with Gasteiger partial charge in [-0.3, -0.25) is 4.79 Å². The number of hydrogen-bond donors (Lipinski definition) is 0. The Morgan fingerprint density at radius 3 is 2.27 bits per heavy atom. The molecule has 1 amide bonds. The number of amides is 1. The molecular weight excluding hydrogens is 434 g/mol. The van der Waals surface area contributed by atoms with E-state index in [1.165, 1.54) is 0 Å². The lowest BCUT2D eigenvalue weighted by atomic mass is 10.1. The second kappa shape index (κ2) is 10.7. The average molecular weight is 458 g/mol. The van der Waals surface area contributed by atoms with E-state index in [1.54, 1.807) is 11.0 Å². The molecule has 1 heterocycles. The molecule has 0 spiro atoms. The zero-order chi connectivity index (χ0) is 23.0. The maximum atomic E-state index is 12.9. The van der Waals surface area contributed by atoms with E-state index in [0.29, 0.717) is 30.5 Å². The minimum atomic E-state index is -0.232. The highest BCUT2D eigenvalue weighted by molar-refractivity contribution is 6.31. The predicted octanol–water partition coefficient (Wildman–Crippen LogP) is 5.17. The van der Waals surface area contributed by atoms with Gasteiger partial charge in [0.15, 0.2) is 0 Å². The lowest BCUT2D eigenvalue weighted by molar-refractivity contribution is -0.126. The van der Waals surface area contributed by atoms with Crippen LogP contribution in [0.2, 0.25) is 5.02 Å². The van der Waals surface area contributed by atoms with Crippen LogP contribution in [0.4, 0.5) is 5.69 Å². The molecule has 1 aliphatic rings. The first-order valence-electron chi connectivity index (χ1n) is 10.8. The number of anilines is 1. The van der Waals surface area contributed by atoms with Gasteiger partial charge in [0.1, 0.15) is 24.0 Å². The van der Waals surface area contributed by atoms with Gasteiger partial charge in [0.25, 0.3) is 5.91 Å². The molecule has 0 aliphatic carbocycles. The number of nitrogens with zero attached hydrogens (tertiary/aromatic N) is 3. The molecule has 0 unspecified atom stereocenters. The number of carbonyl (C=O) groups excluding carboxylic acids is 1. The SMILES string of the molecule is N#C/C(=C/c1ccc(OCc2ccccc2Cl)cc1)C(=O)N1CCN(c2ccccc2)CC1. The number of ether oxygens (including phenoxy) is 1. The van der Waals surface area contributed by atoms with Crippen molar-refractivity contribution in [2.24, 2.45) is 0 Å². The Morgan fingerprint density at radius 1 is 0.939 bits per heavy atom. The van der Waals surface area contributed by atoms with Crippen LogP contribution in [0.5, 0.6) is 5.75 Å². The van der Waals surface area contributed by atoms with E-state index in [4.69, 9.17) is 16.3 Å². The fraction of sp³-hybridized carbons (Fsp3) is 0.185. The summed E-state index contributed by atoms with van der Waals surface area (Å²) in [6.07, 6.45) is 1.63. The maximum absolute atomic E-state index is 12.9. The molecule has 4 rings (SSSR count). The van der Waals surface area contributed by atoms with Crippen LogP contribution in [-0.4, -0.2) is 37.0 Å². The maximum Gasteiger partial charge on any atom is 0.264 e. The van der Waals surface area contributed by atoms with E-state index in [2.05, 4.69) is 23.1 Å². The minimum absolute atomic E-state index is 0.132. The van der Waals surface area contributed by atoms with Gasteiger partial charge in [-0.25, -0.2) is 0 Å². The van der Waals surface area contributed by atoms with E-state index in [9.17, 15) is 10.1 Å². The number of benzene rings is 3. The summed E-state index contributed by atoms with van der Waals surface area (Å²) in [6.45, 7) is 3.02. The molecule has 0 radical (unpaired) electrons. The third-order valence-corrected chi connectivity index (χ3v) is 5.95. The molecule has 6 heteroatoms. The average Bonchev–Trinajstić information content (AvgIpc) is 2.88. The monoisotopic (exact) mass is 457 g/mol. The number of carbonyl (C=O) groups is 1. The van der Waals surface area contributed by atoms with Crippen molar-refractivity contribution >= 4 is 29.3 Å². The van der Waals surface area contributed by atoms with E-state index in [1.807, 2.05) is 66.7 Å². The van der Waals surface area contributed by atoms with Gasteiger partial charge in [-0.05, 0) is 42.0 Å². The third-order valence-electron chi connectivity index (χ3n) is 5.58. The van der Waals surface area contributed by atoms with Crippen molar-refractivity contribution in [1.82, 2.24) is 4.90 Å². The number of halogens is 1. The Balaban J connectivity index is 1.35. The Hall–Kier alpha value is -3.75. The number of hydrogen-bond acceptors (Lipinski definition) is 4. The van der Waals surface area contributed by atoms with Crippen molar-refractivity contribution in [3.63, 3.8) is 0 Å². The zero-order valence-corrected chi connectivity index (χ0v) is 18.9. The van der Waals surface area contributed by atoms with E-state index >= 15 is 0 Å². The molecule has 5 nitrogen and oxygen atoms in total. The highest BCUT2D eigenvalue weighted by atomic mass is 35.5. The summed E-state index contributed by atoms with van der Waals surface area (Å²) in [7, 11) is 0. The molecule has 3 aromatic carbocycles. The number of para-hydroxylation sites is 1. The lowest BCUT2D eigenvalue weighted by Gasteiger charge is -2.36. The minimum Gasteiger partial charge on any atom is -0.489 e. The molecule has 0 atom stereocenters. The summed E-state index contributed by atoms with van der Waals surface area (Å²) in [4.78, 5) is 16.9. The number of piperazine rings is 1. The van der Waals surface area contributed by atoms with Crippen molar-refractivity contribution in [3.05, 3.63) is 101 Å². The zero-order valence-electron chi connectivity index (χ0n) is 18.2. The first kappa shape index (κ1) is 22.4. The first-order chi connectivity index (χ1) is 16.1. The molecule has 33 heavy (non-hydrogen) atoms. The summed E-state index contributed by atoms with van der Waals surface area (Å²) >= 11 is 6.16. The Labute approximate surface area is 199 Å². The van der Waals surface area contributed by atoms with Gasteiger partial charge in [-0.2, -0.15) is 5.26 Å². The standard InChI is InChI=1S/C27H24ClN3O2/c28-26-9-5-4-6-22(26)20-33-25-12-10-21(11-13-25)18-23(19-29)27(32)31-16-14-30(15-17-31)24-7-2-1-3-8-24/h1-13,18H,14-17,20H2/b23-18-. The van der Waals surface area contributed by atoms with Crippen LogP contribution in [0.1, 0.15) is 11.1 Å². The summed E-state index contributed by atoms with van der Waals surface area (Å²) in [5.41, 5.74) is 2.96. The normalized spacial score (nSPS) is 14.0. The number of nitriles is 1. The number of rotatable bonds is 6. The smallest absolute Gasteiger partial charge is 0.264 e. The third kappa shape index (κ3) is 5.74. The van der Waals surface area contributed by atoms with E-state index in [-0.39, 0.29) is 11.5 Å². The van der Waals surface area contributed by atoms with Crippen LogP contribution in [0.15, 0.2) is 84.4 Å². The van der Waals surface area contributed by atoms with Crippen LogP contribution in [0, 0.1) is 11.3 Å². The summed E-state index contributed by atoms with van der Waals surface area (Å²) < 4.78 is 5.80. The molecule has 0 bridgehead atoms. The quantitative estimate of drug-likeness (QED) is 0.378. The van der Waals surface area contributed by atoms with Gasteiger partial charge < -0.3 is 14.5 Å². The fourth-order valence-corrected chi connectivity index (χ4v) is 3.91. The van der Waals surface area contributed by atoms with Gasteiger partial charge in [0, 0.05) is 42.5 Å². The molecule has 0 saturated carbocycles. The largest absolute Gasteiger partial charge is 0.489 e. The van der Waals surface area contributed by atoms with Crippen molar-refractivity contribution in [1.29, 1.82) is 5.26 Å². The van der Waals surface area contributed by atoms with Crippen molar-refractivity contribution < 1.29 is 9.53 Å².